The molecular formula is C22H32N5O2S+. The maximum Gasteiger partial charge on any atom is 0.287 e. The van der Waals surface area contributed by atoms with Gasteiger partial charge < -0.3 is 19.5 Å². The number of amides is 1. The van der Waals surface area contributed by atoms with Crippen LogP contribution in [0.1, 0.15) is 54.6 Å². The van der Waals surface area contributed by atoms with Crippen LogP contribution in [0.15, 0.2) is 27.8 Å². The first-order valence-corrected chi connectivity index (χ1v) is 11.9. The molecule has 2 aromatic rings. The molecule has 4 rings (SSSR count). The van der Waals surface area contributed by atoms with Crippen LogP contribution in [0.4, 0.5) is 5.82 Å². The molecule has 2 fully saturated rings. The van der Waals surface area contributed by atoms with E-state index in [9.17, 15) is 4.79 Å². The minimum absolute atomic E-state index is 0.129. The smallest absolute Gasteiger partial charge is 0.287 e. The van der Waals surface area contributed by atoms with Crippen LogP contribution >= 0.6 is 11.8 Å². The van der Waals surface area contributed by atoms with Crippen LogP contribution in [0.2, 0.25) is 0 Å². The van der Waals surface area contributed by atoms with Gasteiger partial charge in [0.1, 0.15) is 11.6 Å². The number of anilines is 1. The molecule has 2 aliphatic rings. The van der Waals surface area contributed by atoms with Crippen molar-refractivity contribution in [2.45, 2.75) is 43.5 Å². The molecule has 8 heteroatoms. The van der Waals surface area contributed by atoms with Gasteiger partial charge in [-0.2, -0.15) is 0 Å². The molecule has 0 atom stereocenters. The van der Waals surface area contributed by atoms with Gasteiger partial charge in [0.05, 0.1) is 39.0 Å². The van der Waals surface area contributed by atoms with Gasteiger partial charge in [0.2, 0.25) is 0 Å². The lowest BCUT2D eigenvalue weighted by atomic mass is 10.1. The number of carbonyl (C=O) groups is 1. The van der Waals surface area contributed by atoms with Crippen molar-refractivity contribution in [3.8, 4) is 0 Å². The molecule has 1 aliphatic heterocycles. The molecular weight excluding hydrogens is 398 g/mol. The lowest BCUT2D eigenvalue weighted by Gasteiger charge is -2.31. The van der Waals surface area contributed by atoms with Crippen LogP contribution in [0.3, 0.4) is 0 Å². The predicted molar refractivity (Wildman–Crippen MR) is 118 cm³/mol. The molecule has 0 spiro atoms. The van der Waals surface area contributed by atoms with Crippen molar-refractivity contribution in [2.75, 3.05) is 44.7 Å². The molecule has 30 heavy (non-hydrogen) atoms. The Kier molecular flexibility index (Phi) is 6.63. The third-order valence-electron chi connectivity index (χ3n) is 5.72. The van der Waals surface area contributed by atoms with Crippen molar-refractivity contribution >= 4 is 23.5 Å². The fourth-order valence-corrected chi connectivity index (χ4v) is 4.18. The molecule has 1 aliphatic carbocycles. The predicted octanol–water partition coefficient (Wildman–Crippen LogP) is 1.96. The molecule has 1 saturated heterocycles. The summed E-state index contributed by atoms with van der Waals surface area (Å²) in [6.07, 6.45) is 2.43. The number of thioether (sulfide) groups is 1. The average molecular weight is 431 g/mol. The Morgan fingerprint density at radius 2 is 2.07 bits per heavy atom. The summed E-state index contributed by atoms with van der Waals surface area (Å²) in [5.74, 6) is 3.63. The molecule has 162 valence electrons. The molecule has 1 amide bonds. The summed E-state index contributed by atoms with van der Waals surface area (Å²) in [5.41, 5.74) is 1.06. The van der Waals surface area contributed by atoms with E-state index in [4.69, 9.17) is 14.4 Å². The first-order valence-electron chi connectivity index (χ1n) is 10.9. The number of piperazine rings is 1. The van der Waals surface area contributed by atoms with Crippen LogP contribution in [-0.2, 0) is 5.75 Å². The van der Waals surface area contributed by atoms with Gasteiger partial charge in [0, 0.05) is 18.3 Å². The van der Waals surface area contributed by atoms with Gasteiger partial charge in [0.25, 0.3) is 5.91 Å². The third kappa shape index (κ3) is 5.55. The van der Waals surface area contributed by atoms with Gasteiger partial charge in [-0.05, 0) is 36.8 Å². The van der Waals surface area contributed by atoms with Gasteiger partial charge in [-0.15, -0.1) is 0 Å². The Morgan fingerprint density at radius 3 is 2.77 bits per heavy atom. The Hall–Kier alpha value is -2.06. The van der Waals surface area contributed by atoms with Crippen molar-refractivity contribution in [3.05, 3.63) is 35.4 Å². The van der Waals surface area contributed by atoms with Crippen LogP contribution in [-0.4, -0.2) is 55.6 Å². The fraction of sp³-hybridized carbons (Fsp3) is 0.591. The van der Waals surface area contributed by atoms with E-state index in [1.54, 1.807) is 22.7 Å². The van der Waals surface area contributed by atoms with Gasteiger partial charge in [-0.1, -0.05) is 25.6 Å². The second kappa shape index (κ2) is 9.39. The van der Waals surface area contributed by atoms with Crippen molar-refractivity contribution in [1.29, 1.82) is 0 Å². The topological polar surface area (TPSA) is 75.7 Å². The minimum Gasteiger partial charge on any atom is -0.455 e. The molecule has 0 aromatic carbocycles. The number of rotatable bonds is 8. The average Bonchev–Trinajstić information content (AvgIpc) is 3.45. The first-order chi connectivity index (χ1) is 14.5. The van der Waals surface area contributed by atoms with Gasteiger partial charge in [-0.25, -0.2) is 9.97 Å². The van der Waals surface area contributed by atoms with Crippen LogP contribution in [0.5, 0.6) is 0 Å². The summed E-state index contributed by atoms with van der Waals surface area (Å²) in [6, 6.07) is 5.75. The van der Waals surface area contributed by atoms with E-state index in [0.717, 1.165) is 55.2 Å². The molecule has 1 saturated carbocycles. The van der Waals surface area contributed by atoms with E-state index in [1.807, 2.05) is 6.07 Å². The Morgan fingerprint density at radius 1 is 1.30 bits per heavy atom. The number of hydrogen-bond acceptors (Lipinski definition) is 6. The largest absolute Gasteiger partial charge is 0.455 e. The van der Waals surface area contributed by atoms with Gasteiger partial charge in [-0.3, -0.25) is 4.79 Å². The van der Waals surface area contributed by atoms with Crippen molar-refractivity contribution in [3.63, 3.8) is 0 Å². The molecule has 0 unspecified atom stereocenters. The summed E-state index contributed by atoms with van der Waals surface area (Å²) < 4.78 is 5.75. The Bertz CT molecular complexity index is 872. The van der Waals surface area contributed by atoms with Gasteiger partial charge >= 0.3 is 0 Å². The highest BCUT2D eigenvalue weighted by atomic mass is 32.2. The van der Waals surface area contributed by atoms with Gasteiger partial charge in [0.15, 0.2) is 10.9 Å². The molecule has 3 heterocycles. The lowest BCUT2D eigenvalue weighted by molar-refractivity contribution is -0.880. The highest BCUT2D eigenvalue weighted by Crippen LogP contribution is 2.28. The molecule has 7 nitrogen and oxygen atoms in total. The molecule has 0 radical (unpaired) electrons. The summed E-state index contributed by atoms with van der Waals surface area (Å²) >= 11 is 1.56. The van der Waals surface area contributed by atoms with Crippen LogP contribution in [0, 0.1) is 5.92 Å². The number of nitrogens with one attached hydrogen (secondary N) is 2. The van der Waals surface area contributed by atoms with Crippen molar-refractivity contribution < 1.29 is 14.1 Å². The zero-order valence-corrected chi connectivity index (χ0v) is 18.9. The number of nitrogens with zero attached hydrogens (tertiary/aromatic N) is 3. The van der Waals surface area contributed by atoms with E-state index in [-0.39, 0.29) is 5.91 Å². The second-order valence-corrected chi connectivity index (χ2v) is 9.68. The normalized spacial score (nSPS) is 17.5. The number of hydrogen-bond donors (Lipinski definition) is 2. The van der Waals surface area contributed by atoms with Crippen molar-refractivity contribution in [2.24, 2.45) is 5.92 Å². The summed E-state index contributed by atoms with van der Waals surface area (Å²) in [7, 11) is 2.24. The minimum atomic E-state index is -0.129. The monoisotopic (exact) mass is 430 g/mol. The van der Waals surface area contributed by atoms with E-state index in [0.29, 0.717) is 23.3 Å². The molecule has 2 aromatic heterocycles. The lowest BCUT2D eigenvalue weighted by Crippen LogP contribution is -3.12. The number of carbonyl (C=O) groups excluding carboxylic acids is 1. The maximum absolute atomic E-state index is 12.2. The van der Waals surface area contributed by atoms with E-state index < -0.39 is 0 Å². The number of furan rings is 1. The zero-order chi connectivity index (χ0) is 21.1. The first kappa shape index (κ1) is 21.2. The SMILES string of the molecule is CC(C)c1cc(N2CC[NH+](C)CC2)nc(SCc2ccc(C(=O)NCC3CC3)o2)n1. The summed E-state index contributed by atoms with van der Waals surface area (Å²) in [6.45, 7) is 9.35. The van der Waals surface area contributed by atoms with E-state index in [2.05, 4.69) is 37.2 Å². The Labute approximate surface area is 182 Å². The third-order valence-corrected chi connectivity index (χ3v) is 6.59. The second-order valence-electron chi connectivity index (χ2n) is 8.74. The Balaban J connectivity index is 1.40. The summed E-state index contributed by atoms with van der Waals surface area (Å²) in [5, 5.41) is 3.71. The highest BCUT2D eigenvalue weighted by molar-refractivity contribution is 7.98. The zero-order valence-electron chi connectivity index (χ0n) is 18.1. The molecule has 2 N–H and O–H groups in total. The van der Waals surface area contributed by atoms with Crippen molar-refractivity contribution in [1.82, 2.24) is 15.3 Å². The van der Waals surface area contributed by atoms with Crippen LogP contribution < -0.4 is 15.1 Å². The van der Waals surface area contributed by atoms with Crippen LogP contribution in [0.25, 0.3) is 0 Å². The van der Waals surface area contributed by atoms with E-state index in [1.165, 1.54) is 12.8 Å². The number of likely N-dealkylation sites (N-methyl/N-ethyl adjacent to an activating group) is 1. The van der Waals surface area contributed by atoms with E-state index >= 15 is 0 Å². The quantitative estimate of drug-likeness (QED) is 0.493. The number of aromatic nitrogens is 2. The number of quaternary nitrogens is 1. The standard InChI is InChI=1S/C22H31N5O2S/c1-15(2)18-12-20(27-10-8-26(3)9-11-27)25-22(24-18)30-14-17-6-7-19(29-17)21(28)23-13-16-4-5-16/h6-7,12,15-16H,4-5,8-11,13-14H2,1-3H3,(H,23,28)/p+1. The highest BCUT2D eigenvalue weighted by Gasteiger charge is 2.23. The molecule has 0 bridgehead atoms. The summed E-state index contributed by atoms with van der Waals surface area (Å²) in [4.78, 5) is 25.7. The maximum atomic E-state index is 12.2. The fourth-order valence-electron chi connectivity index (χ4n) is 3.43.